The second-order valence-electron chi connectivity index (χ2n) is 6.47. The van der Waals surface area contributed by atoms with Crippen LogP contribution in [0, 0.1) is 0 Å². The minimum atomic E-state index is 0.113. The molecule has 2 aromatic rings. The number of hydrogen-bond donors (Lipinski definition) is 0. The Morgan fingerprint density at radius 2 is 2.04 bits per heavy atom. The molecule has 0 aliphatic carbocycles. The van der Waals surface area contributed by atoms with Gasteiger partial charge >= 0.3 is 0 Å². The first-order chi connectivity index (χ1) is 12.0. The number of halogens is 1. The van der Waals surface area contributed by atoms with Gasteiger partial charge in [0.2, 0.25) is 5.91 Å². The molecular weight excluding hydrogens is 384 g/mol. The Morgan fingerprint density at radius 1 is 1.28 bits per heavy atom. The molecule has 1 atom stereocenters. The van der Waals surface area contributed by atoms with E-state index in [4.69, 9.17) is 9.15 Å². The number of nitrogens with zero attached hydrogens (tertiary/aromatic N) is 2. The number of amides is 1. The lowest BCUT2D eigenvalue weighted by atomic mass is 10.2. The van der Waals surface area contributed by atoms with Gasteiger partial charge in [-0.2, -0.15) is 0 Å². The Hall–Kier alpha value is -1.63. The van der Waals surface area contributed by atoms with Gasteiger partial charge in [0.1, 0.15) is 11.5 Å². The van der Waals surface area contributed by atoms with E-state index in [2.05, 4.69) is 15.9 Å². The van der Waals surface area contributed by atoms with Crippen LogP contribution in [0.15, 0.2) is 45.3 Å². The largest absolute Gasteiger partial charge is 0.460 e. The highest BCUT2D eigenvalue weighted by Gasteiger charge is 2.22. The second kappa shape index (κ2) is 8.17. The van der Waals surface area contributed by atoms with E-state index in [9.17, 15) is 4.79 Å². The summed E-state index contributed by atoms with van der Waals surface area (Å²) >= 11 is 3.43. The molecule has 134 valence electrons. The Bertz CT molecular complexity index is 714. The topological polar surface area (TPSA) is 45.9 Å². The summed E-state index contributed by atoms with van der Waals surface area (Å²) in [5.74, 6) is 1.82. The van der Waals surface area contributed by atoms with Crippen molar-refractivity contribution in [1.82, 2.24) is 9.80 Å². The van der Waals surface area contributed by atoms with Crippen LogP contribution in [-0.4, -0.2) is 55.1 Å². The number of rotatable bonds is 5. The minimum Gasteiger partial charge on any atom is -0.460 e. The Labute approximate surface area is 156 Å². The molecule has 0 radical (unpaired) electrons. The van der Waals surface area contributed by atoms with Crippen molar-refractivity contribution in [2.75, 3.05) is 33.3 Å². The van der Waals surface area contributed by atoms with Crippen LogP contribution in [0.2, 0.25) is 0 Å². The third-order valence-electron chi connectivity index (χ3n) is 4.22. The van der Waals surface area contributed by atoms with Gasteiger partial charge in [0, 0.05) is 23.1 Å². The molecule has 3 rings (SSSR count). The number of carbonyl (C=O) groups is 1. The Kier molecular flexibility index (Phi) is 5.93. The lowest BCUT2D eigenvalue weighted by Crippen LogP contribution is -2.47. The highest BCUT2D eigenvalue weighted by molar-refractivity contribution is 9.10. The predicted molar refractivity (Wildman–Crippen MR) is 100 cm³/mol. The van der Waals surface area contributed by atoms with Crippen LogP contribution in [0.5, 0.6) is 0 Å². The number of likely N-dealkylation sites (N-methyl/N-ethyl adjacent to an activating group) is 1. The second-order valence-corrected chi connectivity index (χ2v) is 7.38. The number of morpholine rings is 1. The van der Waals surface area contributed by atoms with Crippen molar-refractivity contribution in [3.05, 3.63) is 46.6 Å². The highest BCUT2D eigenvalue weighted by Crippen LogP contribution is 2.24. The average Bonchev–Trinajstić information content (AvgIpc) is 3.03. The molecule has 0 N–H and O–H groups in total. The van der Waals surface area contributed by atoms with Crippen LogP contribution in [0.25, 0.3) is 11.3 Å². The van der Waals surface area contributed by atoms with Crippen LogP contribution in [0.4, 0.5) is 0 Å². The number of benzene rings is 1. The molecule has 2 heterocycles. The zero-order valence-electron chi connectivity index (χ0n) is 14.6. The lowest BCUT2D eigenvalue weighted by Gasteiger charge is -2.32. The van der Waals surface area contributed by atoms with Gasteiger partial charge in [-0.1, -0.05) is 28.1 Å². The van der Waals surface area contributed by atoms with Gasteiger partial charge in [-0.25, -0.2) is 0 Å². The van der Waals surface area contributed by atoms with E-state index in [1.807, 2.05) is 60.2 Å². The number of ether oxygens (including phenoxy) is 1. The highest BCUT2D eigenvalue weighted by atomic mass is 79.9. The van der Waals surface area contributed by atoms with E-state index in [0.29, 0.717) is 32.8 Å². The van der Waals surface area contributed by atoms with Crippen LogP contribution in [-0.2, 0) is 16.1 Å². The standard InChI is InChI=1S/C19H23BrN2O3/c1-14-11-22(9-10-24-14)19(23)13-21(2)12-17-7-8-18(25-17)15-3-5-16(20)6-4-15/h3-8,14H,9-13H2,1-2H3/t14-/m0/s1. The normalized spacial score (nSPS) is 17.9. The molecular formula is C19H23BrN2O3. The summed E-state index contributed by atoms with van der Waals surface area (Å²) in [6.07, 6.45) is 0.113. The molecule has 0 bridgehead atoms. The first-order valence-corrected chi connectivity index (χ1v) is 9.23. The molecule has 1 aliphatic rings. The minimum absolute atomic E-state index is 0.113. The zero-order valence-corrected chi connectivity index (χ0v) is 16.2. The van der Waals surface area contributed by atoms with E-state index in [0.717, 1.165) is 21.6 Å². The molecule has 1 amide bonds. The van der Waals surface area contributed by atoms with Crippen molar-refractivity contribution in [1.29, 1.82) is 0 Å². The zero-order chi connectivity index (χ0) is 17.8. The molecule has 1 aromatic heterocycles. The molecule has 25 heavy (non-hydrogen) atoms. The van der Waals surface area contributed by atoms with Crippen molar-refractivity contribution in [2.45, 2.75) is 19.6 Å². The number of hydrogen-bond acceptors (Lipinski definition) is 4. The summed E-state index contributed by atoms with van der Waals surface area (Å²) in [5.41, 5.74) is 1.04. The van der Waals surface area contributed by atoms with E-state index >= 15 is 0 Å². The summed E-state index contributed by atoms with van der Waals surface area (Å²) in [7, 11) is 1.93. The number of furan rings is 1. The maximum Gasteiger partial charge on any atom is 0.236 e. The van der Waals surface area contributed by atoms with Gasteiger partial charge in [0.05, 0.1) is 25.8 Å². The summed E-state index contributed by atoms with van der Waals surface area (Å²) < 4.78 is 12.4. The van der Waals surface area contributed by atoms with Gasteiger partial charge in [0.15, 0.2) is 0 Å². The fraction of sp³-hybridized carbons (Fsp3) is 0.421. The molecule has 0 saturated carbocycles. The quantitative estimate of drug-likeness (QED) is 0.763. The maximum atomic E-state index is 12.4. The number of carbonyl (C=O) groups excluding carboxylic acids is 1. The first kappa shape index (κ1) is 18.2. The lowest BCUT2D eigenvalue weighted by molar-refractivity contribution is -0.139. The molecule has 6 heteroatoms. The average molecular weight is 407 g/mol. The monoisotopic (exact) mass is 406 g/mol. The van der Waals surface area contributed by atoms with E-state index < -0.39 is 0 Å². The summed E-state index contributed by atoms with van der Waals surface area (Å²) in [4.78, 5) is 16.3. The van der Waals surface area contributed by atoms with Crippen molar-refractivity contribution < 1.29 is 13.9 Å². The molecule has 1 aromatic carbocycles. The van der Waals surface area contributed by atoms with Crippen LogP contribution >= 0.6 is 15.9 Å². The van der Waals surface area contributed by atoms with Crippen molar-refractivity contribution >= 4 is 21.8 Å². The van der Waals surface area contributed by atoms with Gasteiger partial charge in [0.25, 0.3) is 0 Å². The Balaban J connectivity index is 1.55. The molecule has 1 saturated heterocycles. The fourth-order valence-corrected chi connectivity index (χ4v) is 3.19. The molecule has 0 unspecified atom stereocenters. The van der Waals surface area contributed by atoms with E-state index in [1.165, 1.54) is 0 Å². The summed E-state index contributed by atoms with van der Waals surface area (Å²) in [6.45, 7) is 4.93. The van der Waals surface area contributed by atoms with Crippen LogP contribution in [0.1, 0.15) is 12.7 Å². The van der Waals surface area contributed by atoms with Gasteiger partial charge in [-0.05, 0) is 38.2 Å². The maximum absolute atomic E-state index is 12.4. The molecule has 0 spiro atoms. The fourth-order valence-electron chi connectivity index (χ4n) is 2.93. The van der Waals surface area contributed by atoms with Crippen molar-refractivity contribution in [3.8, 4) is 11.3 Å². The Morgan fingerprint density at radius 3 is 2.76 bits per heavy atom. The third-order valence-corrected chi connectivity index (χ3v) is 4.74. The molecule has 1 fully saturated rings. The SMILES string of the molecule is C[C@H]1CN(C(=O)CN(C)Cc2ccc(-c3ccc(Br)cc3)o2)CCO1. The first-order valence-electron chi connectivity index (χ1n) is 8.44. The molecule has 1 aliphatic heterocycles. The predicted octanol–water partition coefficient (Wildman–Crippen LogP) is 3.39. The van der Waals surface area contributed by atoms with Crippen molar-refractivity contribution in [3.63, 3.8) is 0 Å². The third kappa shape index (κ3) is 4.93. The summed E-state index contributed by atoms with van der Waals surface area (Å²) in [6, 6.07) is 11.9. The van der Waals surface area contributed by atoms with Gasteiger partial charge in [-0.3, -0.25) is 9.69 Å². The van der Waals surface area contributed by atoms with Crippen molar-refractivity contribution in [2.24, 2.45) is 0 Å². The molecule has 5 nitrogen and oxygen atoms in total. The van der Waals surface area contributed by atoms with Gasteiger partial charge in [-0.15, -0.1) is 0 Å². The van der Waals surface area contributed by atoms with Gasteiger partial charge < -0.3 is 14.1 Å². The van der Waals surface area contributed by atoms with E-state index in [1.54, 1.807) is 0 Å². The van der Waals surface area contributed by atoms with E-state index in [-0.39, 0.29) is 12.0 Å². The summed E-state index contributed by atoms with van der Waals surface area (Å²) in [5, 5.41) is 0. The smallest absolute Gasteiger partial charge is 0.236 e. The van der Waals surface area contributed by atoms with Crippen LogP contribution in [0.3, 0.4) is 0 Å². The van der Waals surface area contributed by atoms with Crippen LogP contribution < -0.4 is 0 Å².